The molecule has 1 aliphatic carbocycles. The van der Waals surface area contributed by atoms with Gasteiger partial charge in [0.25, 0.3) is 0 Å². The van der Waals surface area contributed by atoms with Crippen molar-refractivity contribution in [2.24, 2.45) is 5.92 Å². The van der Waals surface area contributed by atoms with Crippen molar-refractivity contribution in [3.8, 4) is 0 Å². The molecule has 21 heavy (non-hydrogen) atoms. The second-order valence-corrected chi connectivity index (χ2v) is 6.54. The minimum absolute atomic E-state index is 0.0898. The maximum Gasteiger partial charge on any atom is 0.327 e. The second-order valence-electron chi connectivity index (χ2n) is 6.54. The molecule has 1 unspecified atom stereocenters. The van der Waals surface area contributed by atoms with Crippen LogP contribution in [0.4, 0.5) is 0 Å². The monoisotopic (exact) mass is 298 g/mol. The van der Waals surface area contributed by atoms with Crippen LogP contribution in [0.25, 0.3) is 0 Å². The number of carbonyl (C=O) groups excluding carboxylic acids is 1. The molecule has 1 atom stereocenters. The van der Waals surface area contributed by atoms with Gasteiger partial charge >= 0.3 is 5.97 Å². The fourth-order valence-electron chi connectivity index (χ4n) is 3.11. The van der Waals surface area contributed by atoms with Crippen molar-refractivity contribution in [2.45, 2.75) is 71.4 Å². The lowest BCUT2D eigenvalue weighted by Gasteiger charge is -2.39. The Morgan fingerprint density at radius 3 is 2.43 bits per heavy atom. The number of nitrogens with zero attached hydrogens (tertiary/aromatic N) is 1. The highest BCUT2D eigenvalue weighted by molar-refractivity contribution is 5.82. The molecule has 0 heterocycles. The largest absolute Gasteiger partial charge is 0.468 e. The van der Waals surface area contributed by atoms with E-state index < -0.39 is 5.54 Å². The summed E-state index contributed by atoms with van der Waals surface area (Å²) in [6.07, 6.45) is 5.93. The Balaban J connectivity index is 2.82. The van der Waals surface area contributed by atoms with Gasteiger partial charge in [0.15, 0.2) is 0 Å². The van der Waals surface area contributed by atoms with Crippen LogP contribution < -0.4 is 5.32 Å². The van der Waals surface area contributed by atoms with Crippen LogP contribution in [0.5, 0.6) is 0 Å². The molecule has 0 amide bonds. The van der Waals surface area contributed by atoms with Crippen molar-refractivity contribution >= 4 is 5.97 Å². The van der Waals surface area contributed by atoms with E-state index in [0.717, 1.165) is 32.5 Å². The molecule has 0 radical (unpaired) electrons. The van der Waals surface area contributed by atoms with Gasteiger partial charge in [-0.05, 0) is 52.1 Å². The molecule has 1 rings (SSSR count). The van der Waals surface area contributed by atoms with Crippen molar-refractivity contribution in [1.29, 1.82) is 0 Å². The predicted molar refractivity (Wildman–Crippen MR) is 87.4 cm³/mol. The lowest BCUT2D eigenvalue weighted by atomic mass is 9.91. The summed E-state index contributed by atoms with van der Waals surface area (Å²) in [6.45, 7) is 11.3. The van der Waals surface area contributed by atoms with Gasteiger partial charge < -0.3 is 10.1 Å². The minimum Gasteiger partial charge on any atom is -0.468 e. The van der Waals surface area contributed by atoms with Gasteiger partial charge in [-0.3, -0.25) is 4.90 Å². The molecule has 0 bridgehead atoms. The molecule has 1 saturated carbocycles. The molecule has 4 heteroatoms. The molecule has 1 fully saturated rings. The van der Waals surface area contributed by atoms with E-state index in [9.17, 15) is 4.79 Å². The molecule has 0 saturated heterocycles. The maximum absolute atomic E-state index is 12.5. The first kappa shape index (κ1) is 18.4. The average Bonchev–Trinajstić information content (AvgIpc) is 3.29. The summed E-state index contributed by atoms with van der Waals surface area (Å²) in [5.74, 6) is 0.338. The summed E-state index contributed by atoms with van der Waals surface area (Å²) >= 11 is 0. The molecular weight excluding hydrogens is 264 g/mol. The summed E-state index contributed by atoms with van der Waals surface area (Å²) < 4.78 is 5.15. The maximum atomic E-state index is 12.5. The topological polar surface area (TPSA) is 41.6 Å². The van der Waals surface area contributed by atoms with E-state index in [2.05, 4.69) is 37.9 Å². The zero-order valence-electron chi connectivity index (χ0n) is 14.6. The van der Waals surface area contributed by atoms with Crippen molar-refractivity contribution < 1.29 is 9.53 Å². The van der Waals surface area contributed by atoms with Crippen LogP contribution in [-0.4, -0.2) is 49.2 Å². The SMILES string of the molecule is CCCCCN(CC(NCC)(C(=O)OC)C1CC1)C(C)C. The standard InChI is InChI=1S/C17H34N2O2/c1-6-8-9-12-19(14(3)4)13-17(18-7-2,15-10-11-15)16(20)21-5/h14-15,18H,6-13H2,1-5H3. The third-order valence-corrected chi connectivity index (χ3v) is 4.55. The van der Waals surface area contributed by atoms with Gasteiger partial charge in [0.2, 0.25) is 0 Å². The molecule has 0 spiro atoms. The summed E-state index contributed by atoms with van der Waals surface area (Å²) in [6, 6.07) is 0.447. The summed E-state index contributed by atoms with van der Waals surface area (Å²) in [5, 5.41) is 3.47. The quantitative estimate of drug-likeness (QED) is 0.470. The molecule has 0 aromatic rings. The molecule has 1 aliphatic rings. The van der Waals surface area contributed by atoms with Crippen LogP contribution in [0.2, 0.25) is 0 Å². The van der Waals surface area contributed by atoms with Crippen LogP contribution in [0.15, 0.2) is 0 Å². The number of esters is 1. The Kier molecular flexibility index (Phi) is 7.67. The lowest BCUT2D eigenvalue weighted by Crippen LogP contribution is -2.62. The molecule has 0 aliphatic heterocycles. The normalized spacial score (nSPS) is 18.0. The Labute approximate surface area is 130 Å². The number of methoxy groups -OCH3 is 1. The highest BCUT2D eigenvalue weighted by Gasteiger charge is 2.52. The first-order valence-electron chi connectivity index (χ1n) is 8.59. The zero-order chi connectivity index (χ0) is 15.9. The van der Waals surface area contributed by atoms with E-state index in [-0.39, 0.29) is 5.97 Å². The lowest BCUT2D eigenvalue weighted by molar-refractivity contribution is -0.151. The minimum atomic E-state index is -0.514. The smallest absolute Gasteiger partial charge is 0.327 e. The van der Waals surface area contributed by atoms with Crippen molar-refractivity contribution in [1.82, 2.24) is 10.2 Å². The number of hydrogen-bond acceptors (Lipinski definition) is 4. The van der Waals surface area contributed by atoms with Crippen LogP contribution in [0.3, 0.4) is 0 Å². The van der Waals surface area contributed by atoms with Crippen LogP contribution >= 0.6 is 0 Å². The van der Waals surface area contributed by atoms with E-state index in [0.29, 0.717) is 12.0 Å². The summed E-state index contributed by atoms with van der Waals surface area (Å²) in [4.78, 5) is 14.9. The predicted octanol–water partition coefficient (Wildman–Crippen LogP) is 2.82. The van der Waals surface area contributed by atoms with Gasteiger partial charge in [0.1, 0.15) is 5.54 Å². The molecule has 124 valence electrons. The highest BCUT2D eigenvalue weighted by Crippen LogP contribution is 2.41. The first-order valence-corrected chi connectivity index (χ1v) is 8.59. The van der Waals surface area contributed by atoms with E-state index in [1.165, 1.54) is 26.4 Å². The van der Waals surface area contributed by atoms with Crippen molar-refractivity contribution in [3.05, 3.63) is 0 Å². The van der Waals surface area contributed by atoms with Crippen molar-refractivity contribution in [2.75, 3.05) is 26.7 Å². The van der Waals surface area contributed by atoms with Gasteiger partial charge in [-0.15, -0.1) is 0 Å². The number of ether oxygens (including phenoxy) is 1. The van der Waals surface area contributed by atoms with E-state index in [1.54, 1.807) is 0 Å². The Bertz CT molecular complexity index is 316. The molecule has 0 aromatic carbocycles. The number of carbonyl (C=O) groups is 1. The molecule has 0 aromatic heterocycles. The number of unbranched alkanes of at least 4 members (excludes halogenated alkanes) is 2. The van der Waals surface area contributed by atoms with Gasteiger partial charge in [0, 0.05) is 12.6 Å². The van der Waals surface area contributed by atoms with Crippen LogP contribution in [0.1, 0.15) is 59.8 Å². The highest BCUT2D eigenvalue weighted by atomic mass is 16.5. The third-order valence-electron chi connectivity index (χ3n) is 4.55. The fraction of sp³-hybridized carbons (Fsp3) is 0.941. The van der Waals surface area contributed by atoms with E-state index >= 15 is 0 Å². The molecule has 1 N–H and O–H groups in total. The van der Waals surface area contributed by atoms with E-state index in [4.69, 9.17) is 4.74 Å². The van der Waals surface area contributed by atoms with Gasteiger partial charge in [-0.1, -0.05) is 26.7 Å². The van der Waals surface area contributed by atoms with Crippen LogP contribution in [-0.2, 0) is 9.53 Å². The summed E-state index contributed by atoms with van der Waals surface area (Å²) in [7, 11) is 1.51. The number of nitrogens with one attached hydrogen (secondary N) is 1. The van der Waals surface area contributed by atoms with E-state index in [1.807, 2.05) is 0 Å². The Morgan fingerprint density at radius 2 is 2.00 bits per heavy atom. The number of hydrogen-bond donors (Lipinski definition) is 1. The zero-order valence-corrected chi connectivity index (χ0v) is 14.6. The third kappa shape index (κ3) is 4.96. The Hall–Kier alpha value is -0.610. The first-order chi connectivity index (χ1) is 10.0. The molecular formula is C17H34N2O2. The Morgan fingerprint density at radius 1 is 1.33 bits per heavy atom. The second kappa shape index (κ2) is 8.74. The van der Waals surface area contributed by atoms with Gasteiger partial charge in [0.05, 0.1) is 7.11 Å². The molecule has 4 nitrogen and oxygen atoms in total. The van der Waals surface area contributed by atoms with Crippen molar-refractivity contribution in [3.63, 3.8) is 0 Å². The van der Waals surface area contributed by atoms with Crippen LogP contribution in [0, 0.1) is 5.92 Å². The number of likely N-dealkylation sites (N-methyl/N-ethyl adjacent to an activating group) is 1. The van der Waals surface area contributed by atoms with Gasteiger partial charge in [-0.2, -0.15) is 0 Å². The van der Waals surface area contributed by atoms with Gasteiger partial charge in [-0.25, -0.2) is 4.79 Å². The number of rotatable bonds is 11. The average molecular weight is 298 g/mol. The summed E-state index contributed by atoms with van der Waals surface area (Å²) in [5.41, 5.74) is -0.514. The fourth-order valence-corrected chi connectivity index (χ4v) is 3.11.